The van der Waals surface area contributed by atoms with E-state index in [1.54, 1.807) is 5.56 Å². The maximum absolute atomic E-state index is 11.7. The van der Waals surface area contributed by atoms with Gasteiger partial charge in [-0.25, -0.2) is 0 Å². The van der Waals surface area contributed by atoms with Gasteiger partial charge in [-0.2, -0.15) is 0 Å². The van der Waals surface area contributed by atoms with Gasteiger partial charge in [-0.15, -0.1) is 0 Å². The smallest absolute Gasteiger partial charge is 0.122 e. The van der Waals surface area contributed by atoms with E-state index in [2.05, 4.69) is 19.9 Å². The highest BCUT2D eigenvalue weighted by molar-refractivity contribution is 5.57. The molecule has 156 valence electrons. The van der Waals surface area contributed by atoms with Crippen molar-refractivity contribution in [3.63, 3.8) is 0 Å². The average molecular weight is 391 g/mol. The molecule has 0 unspecified atom stereocenters. The predicted octanol–water partition coefficient (Wildman–Crippen LogP) is 6.94. The van der Waals surface area contributed by atoms with Crippen molar-refractivity contribution in [2.24, 2.45) is 35.5 Å². The third-order valence-electron chi connectivity index (χ3n) is 10.8. The molecule has 29 heavy (non-hydrogen) atoms. The lowest BCUT2D eigenvalue weighted by Gasteiger charge is -2.61. The molecule has 1 heteroatoms. The van der Waals surface area contributed by atoms with E-state index >= 15 is 0 Å². The number of phenols is 1. The normalized spacial score (nSPS) is 49.2. The van der Waals surface area contributed by atoms with E-state index in [-0.39, 0.29) is 0 Å². The van der Waals surface area contributed by atoms with Crippen LogP contribution >= 0.6 is 0 Å². The first-order valence-electron chi connectivity index (χ1n) is 12.8. The molecule has 1 nitrogen and oxygen atoms in total. The van der Waals surface area contributed by atoms with Crippen LogP contribution in [0.5, 0.6) is 5.75 Å². The first-order valence-corrected chi connectivity index (χ1v) is 12.8. The Bertz CT molecular complexity index is 806. The minimum absolute atomic E-state index is 0.300. The van der Waals surface area contributed by atoms with E-state index in [1.165, 1.54) is 88.2 Å². The first-order chi connectivity index (χ1) is 13.9. The van der Waals surface area contributed by atoms with Crippen molar-refractivity contribution >= 4 is 0 Å². The third-order valence-corrected chi connectivity index (χ3v) is 10.8. The summed E-state index contributed by atoms with van der Waals surface area (Å²) in [7, 11) is 0. The second kappa shape index (κ2) is 5.63. The van der Waals surface area contributed by atoms with E-state index in [1.807, 2.05) is 0 Å². The molecule has 0 amide bonds. The van der Waals surface area contributed by atoms with Crippen LogP contribution in [-0.4, -0.2) is 5.11 Å². The van der Waals surface area contributed by atoms with E-state index in [4.69, 9.17) is 0 Å². The van der Waals surface area contributed by atoms with Crippen LogP contribution in [-0.2, 0) is 10.8 Å². The summed E-state index contributed by atoms with van der Waals surface area (Å²) in [5.41, 5.74) is 6.53. The summed E-state index contributed by atoms with van der Waals surface area (Å²) in [6, 6.07) is 2.34. The average Bonchev–Trinajstić information content (AvgIpc) is 2.62. The summed E-state index contributed by atoms with van der Waals surface area (Å²) in [6.07, 6.45) is 17.3. The Kier molecular flexibility index (Phi) is 3.43. The molecule has 8 bridgehead atoms. The Balaban J connectivity index is 1.44. The van der Waals surface area contributed by atoms with Crippen LogP contribution in [0.3, 0.4) is 0 Å². The zero-order chi connectivity index (χ0) is 19.5. The van der Waals surface area contributed by atoms with E-state index in [0.29, 0.717) is 16.6 Å². The summed E-state index contributed by atoms with van der Waals surface area (Å²) in [5, 5.41) is 11.7. The molecule has 8 fully saturated rings. The minimum Gasteiger partial charge on any atom is -0.507 e. The molecule has 0 atom stereocenters. The summed E-state index contributed by atoms with van der Waals surface area (Å²) < 4.78 is 0. The predicted molar refractivity (Wildman–Crippen MR) is 117 cm³/mol. The van der Waals surface area contributed by atoms with Crippen molar-refractivity contribution < 1.29 is 5.11 Å². The van der Waals surface area contributed by atoms with Gasteiger partial charge in [0.05, 0.1) is 0 Å². The van der Waals surface area contributed by atoms with Crippen LogP contribution in [0.15, 0.2) is 6.07 Å². The lowest BCUT2D eigenvalue weighted by atomic mass is 9.43. The first kappa shape index (κ1) is 17.7. The second-order valence-electron chi connectivity index (χ2n) is 13.0. The number of hydrogen-bond donors (Lipinski definition) is 1. The van der Waals surface area contributed by atoms with Crippen LogP contribution in [0.25, 0.3) is 0 Å². The fourth-order valence-electron chi connectivity index (χ4n) is 11.0. The van der Waals surface area contributed by atoms with E-state index in [9.17, 15) is 5.11 Å². The van der Waals surface area contributed by atoms with Crippen molar-refractivity contribution in [1.82, 2.24) is 0 Å². The molecule has 0 heterocycles. The second-order valence-corrected chi connectivity index (χ2v) is 13.0. The molecule has 1 aromatic rings. The Morgan fingerprint density at radius 3 is 1.31 bits per heavy atom. The highest BCUT2D eigenvalue weighted by Gasteiger charge is 2.57. The van der Waals surface area contributed by atoms with Crippen LogP contribution in [0.4, 0.5) is 0 Å². The number of aromatic hydroxyl groups is 1. The van der Waals surface area contributed by atoms with Gasteiger partial charge in [0.15, 0.2) is 0 Å². The molecule has 8 saturated carbocycles. The fourth-order valence-corrected chi connectivity index (χ4v) is 11.0. The highest BCUT2D eigenvalue weighted by atomic mass is 16.3. The van der Waals surface area contributed by atoms with Crippen molar-refractivity contribution in [2.45, 2.75) is 102 Å². The molecule has 1 N–H and O–H groups in total. The van der Waals surface area contributed by atoms with E-state index < -0.39 is 0 Å². The third kappa shape index (κ3) is 2.34. The topological polar surface area (TPSA) is 20.2 Å². The number of phenolic OH excluding ortho intramolecular Hbond substituents is 1. The fraction of sp³-hybridized carbons (Fsp3) is 0.786. The largest absolute Gasteiger partial charge is 0.507 e. The van der Waals surface area contributed by atoms with Gasteiger partial charge >= 0.3 is 0 Å². The van der Waals surface area contributed by atoms with Gasteiger partial charge in [0.1, 0.15) is 5.75 Å². The molecule has 8 aliphatic carbocycles. The molecule has 8 aliphatic rings. The minimum atomic E-state index is 0.300. The van der Waals surface area contributed by atoms with Gasteiger partial charge in [0.2, 0.25) is 0 Å². The molecule has 0 aromatic heterocycles. The molecule has 0 spiro atoms. The van der Waals surface area contributed by atoms with Gasteiger partial charge in [-0.3, -0.25) is 0 Å². The highest BCUT2D eigenvalue weighted by Crippen LogP contribution is 2.67. The van der Waals surface area contributed by atoms with Crippen LogP contribution in [0.2, 0.25) is 0 Å². The van der Waals surface area contributed by atoms with Crippen molar-refractivity contribution in [3.8, 4) is 5.75 Å². The van der Waals surface area contributed by atoms with Crippen molar-refractivity contribution in [1.29, 1.82) is 0 Å². The van der Waals surface area contributed by atoms with Crippen LogP contribution in [0, 0.1) is 49.4 Å². The van der Waals surface area contributed by atoms with Crippen LogP contribution < -0.4 is 0 Å². The van der Waals surface area contributed by atoms with E-state index in [0.717, 1.165) is 41.1 Å². The van der Waals surface area contributed by atoms with Crippen molar-refractivity contribution in [2.75, 3.05) is 0 Å². The van der Waals surface area contributed by atoms with Gasteiger partial charge in [-0.05, 0) is 149 Å². The monoisotopic (exact) mass is 390 g/mol. The van der Waals surface area contributed by atoms with Gasteiger partial charge in [0.25, 0.3) is 0 Å². The van der Waals surface area contributed by atoms with Gasteiger partial charge in [0, 0.05) is 11.0 Å². The molecule has 1 aromatic carbocycles. The molecule has 0 radical (unpaired) electrons. The number of aryl methyl sites for hydroxylation is 2. The molecule has 9 rings (SSSR count). The van der Waals surface area contributed by atoms with Crippen molar-refractivity contribution in [3.05, 3.63) is 28.3 Å². The van der Waals surface area contributed by atoms with Crippen LogP contribution in [0.1, 0.15) is 99.3 Å². The Labute approximate surface area is 176 Å². The Morgan fingerprint density at radius 1 is 0.586 bits per heavy atom. The molecule has 0 aliphatic heterocycles. The maximum atomic E-state index is 11.7. The van der Waals surface area contributed by atoms with Gasteiger partial charge in [-0.1, -0.05) is 6.07 Å². The Hall–Kier alpha value is -0.980. The number of hydrogen-bond acceptors (Lipinski definition) is 1. The SMILES string of the molecule is Cc1cc(C)c(C23CC4CC(CC(C4)C2)C3)c(C23CC4CC(CC(C4)C2)C3)c1O. The quantitative estimate of drug-likeness (QED) is 0.579. The summed E-state index contributed by atoms with van der Waals surface area (Å²) in [5.74, 6) is 6.42. The zero-order valence-corrected chi connectivity index (χ0v) is 18.5. The summed E-state index contributed by atoms with van der Waals surface area (Å²) in [6.45, 7) is 4.56. The molecular formula is C28H38O. The lowest BCUT2D eigenvalue weighted by molar-refractivity contribution is -0.0185. The molecular weight excluding hydrogens is 352 g/mol. The lowest BCUT2D eigenvalue weighted by Crippen LogP contribution is -2.52. The number of rotatable bonds is 2. The molecule has 0 saturated heterocycles. The summed E-state index contributed by atoms with van der Waals surface area (Å²) in [4.78, 5) is 0. The zero-order valence-electron chi connectivity index (χ0n) is 18.5. The van der Waals surface area contributed by atoms with Gasteiger partial charge < -0.3 is 5.11 Å². The number of benzene rings is 1. The standard InChI is InChI=1S/C28H38O/c1-16-3-17(2)26(29)25(28-13-21-7-22(14-28)9-23(8-21)15-28)24(16)27-10-18-4-19(11-27)6-20(5-18)12-27/h3,18-23,29H,4-15H2,1-2H3. The maximum Gasteiger partial charge on any atom is 0.122 e. The Morgan fingerprint density at radius 2 is 0.931 bits per heavy atom. The summed E-state index contributed by atoms with van der Waals surface area (Å²) >= 11 is 0.